The van der Waals surface area contributed by atoms with Crippen LogP contribution in [0.3, 0.4) is 0 Å². The van der Waals surface area contributed by atoms with Gasteiger partial charge in [-0.3, -0.25) is 4.79 Å². The topological polar surface area (TPSA) is 37.3 Å². The molecule has 2 nitrogen and oxygen atoms in total. The minimum absolute atomic E-state index is 0.500. The Morgan fingerprint density at radius 1 is 1.73 bits per heavy atom. The van der Waals surface area contributed by atoms with Gasteiger partial charge in [0.2, 0.25) is 0 Å². The third-order valence-corrected chi connectivity index (χ3v) is 2.49. The fraction of sp³-hybridized carbons (Fsp3) is 0.667. The number of allylic oxidation sites excluding steroid dienone is 2. The van der Waals surface area contributed by atoms with E-state index in [0.717, 1.165) is 12.8 Å². The van der Waals surface area contributed by atoms with E-state index in [-0.39, 0.29) is 0 Å². The van der Waals surface area contributed by atoms with E-state index in [1.807, 2.05) is 13.0 Å². The van der Waals surface area contributed by atoms with Gasteiger partial charge in [-0.25, -0.2) is 0 Å². The van der Waals surface area contributed by atoms with Crippen LogP contribution >= 0.6 is 0 Å². The molecule has 0 aromatic rings. The zero-order valence-electron chi connectivity index (χ0n) is 7.05. The Bertz CT molecular complexity index is 206. The summed E-state index contributed by atoms with van der Waals surface area (Å²) in [5.74, 6) is -0.666. The van der Waals surface area contributed by atoms with E-state index in [1.54, 1.807) is 0 Å². The summed E-state index contributed by atoms with van der Waals surface area (Å²) >= 11 is 0. The van der Waals surface area contributed by atoms with Gasteiger partial charge < -0.3 is 5.11 Å². The van der Waals surface area contributed by atoms with Crippen LogP contribution in [0.25, 0.3) is 0 Å². The molecule has 1 unspecified atom stereocenters. The lowest BCUT2D eigenvalue weighted by molar-refractivity contribution is -0.148. The summed E-state index contributed by atoms with van der Waals surface area (Å²) in [5, 5.41) is 8.85. The lowest BCUT2D eigenvalue weighted by atomic mass is 9.77. The Balaban J connectivity index is 2.71. The molecule has 0 amide bonds. The zero-order chi connectivity index (χ0) is 8.48. The highest BCUT2D eigenvalue weighted by atomic mass is 16.4. The highest BCUT2D eigenvalue weighted by molar-refractivity contribution is 5.74. The van der Waals surface area contributed by atoms with E-state index in [1.165, 1.54) is 5.57 Å². The van der Waals surface area contributed by atoms with Crippen molar-refractivity contribution >= 4 is 5.97 Å². The monoisotopic (exact) mass is 154 g/mol. The predicted octanol–water partition coefficient (Wildman–Crippen LogP) is 2.21. The van der Waals surface area contributed by atoms with Gasteiger partial charge in [-0.05, 0) is 33.1 Å². The van der Waals surface area contributed by atoms with Gasteiger partial charge in [-0.15, -0.1) is 0 Å². The van der Waals surface area contributed by atoms with Gasteiger partial charge in [-0.1, -0.05) is 11.6 Å². The minimum Gasteiger partial charge on any atom is -0.481 e. The van der Waals surface area contributed by atoms with E-state index in [4.69, 9.17) is 5.11 Å². The molecule has 1 aliphatic carbocycles. The van der Waals surface area contributed by atoms with Crippen molar-refractivity contribution in [2.45, 2.75) is 33.1 Å². The average Bonchev–Trinajstić information content (AvgIpc) is 1.95. The van der Waals surface area contributed by atoms with E-state index in [2.05, 4.69) is 6.92 Å². The Kier molecular flexibility index (Phi) is 2.03. The Hall–Kier alpha value is -0.790. The molecule has 1 N–H and O–H groups in total. The maximum Gasteiger partial charge on any atom is 0.309 e. The van der Waals surface area contributed by atoms with E-state index >= 15 is 0 Å². The number of hydrogen-bond acceptors (Lipinski definition) is 1. The van der Waals surface area contributed by atoms with Gasteiger partial charge in [0.05, 0.1) is 5.41 Å². The Morgan fingerprint density at radius 3 is 2.73 bits per heavy atom. The zero-order valence-corrected chi connectivity index (χ0v) is 7.05. The van der Waals surface area contributed by atoms with Crippen LogP contribution in [0.1, 0.15) is 33.1 Å². The molecule has 1 aliphatic rings. The summed E-state index contributed by atoms with van der Waals surface area (Å²) in [6.07, 6.45) is 4.44. The molecule has 0 aromatic carbocycles. The summed E-state index contributed by atoms with van der Waals surface area (Å²) in [4.78, 5) is 10.8. The summed E-state index contributed by atoms with van der Waals surface area (Å²) in [7, 11) is 0. The minimum atomic E-state index is -0.666. The van der Waals surface area contributed by atoms with Crippen molar-refractivity contribution in [1.82, 2.24) is 0 Å². The molecular weight excluding hydrogens is 140 g/mol. The quantitative estimate of drug-likeness (QED) is 0.588. The highest BCUT2D eigenvalue weighted by Gasteiger charge is 2.33. The number of carbonyl (C=O) groups is 1. The first-order chi connectivity index (χ1) is 5.04. The van der Waals surface area contributed by atoms with Crippen LogP contribution in [0.5, 0.6) is 0 Å². The van der Waals surface area contributed by atoms with Crippen LogP contribution in [0.15, 0.2) is 11.6 Å². The second-order valence-corrected chi connectivity index (χ2v) is 3.62. The fourth-order valence-electron chi connectivity index (χ4n) is 1.27. The summed E-state index contributed by atoms with van der Waals surface area (Å²) < 4.78 is 0. The molecule has 0 bridgehead atoms. The predicted molar refractivity (Wildman–Crippen MR) is 43.4 cm³/mol. The third kappa shape index (κ3) is 1.62. The molecule has 0 aliphatic heterocycles. The average molecular weight is 154 g/mol. The third-order valence-electron chi connectivity index (χ3n) is 2.49. The van der Waals surface area contributed by atoms with Crippen molar-refractivity contribution in [3.8, 4) is 0 Å². The largest absolute Gasteiger partial charge is 0.481 e. The summed E-state index contributed by atoms with van der Waals surface area (Å²) in [6.45, 7) is 3.87. The Morgan fingerprint density at radius 2 is 2.36 bits per heavy atom. The van der Waals surface area contributed by atoms with E-state index < -0.39 is 11.4 Å². The number of carboxylic acid groups (broad SMARTS) is 1. The van der Waals surface area contributed by atoms with Crippen LogP contribution < -0.4 is 0 Å². The first kappa shape index (κ1) is 8.31. The van der Waals surface area contributed by atoms with Crippen molar-refractivity contribution in [2.24, 2.45) is 5.41 Å². The molecule has 0 radical (unpaired) electrons. The van der Waals surface area contributed by atoms with E-state index in [0.29, 0.717) is 6.42 Å². The lowest BCUT2D eigenvalue weighted by Gasteiger charge is -2.27. The van der Waals surface area contributed by atoms with Crippen molar-refractivity contribution in [3.05, 3.63) is 11.6 Å². The molecule has 0 spiro atoms. The van der Waals surface area contributed by atoms with Gasteiger partial charge in [-0.2, -0.15) is 0 Å². The van der Waals surface area contributed by atoms with Crippen molar-refractivity contribution in [1.29, 1.82) is 0 Å². The molecule has 62 valence electrons. The lowest BCUT2D eigenvalue weighted by Crippen LogP contribution is -2.28. The normalized spacial score (nSPS) is 31.3. The summed E-state index contributed by atoms with van der Waals surface area (Å²) in [5.41, 5.74) is 0.822. The van der Waals surface area contributed by atoms with Crippen molar-refractivity contribution in [2.75, 3.05) is 0 Å². The number of rotatable bonds is 1. The second-order valence-electron chi connectivity index (χ2n) is 3.62. The Labute approximate surface area is 66.9 Å². The molecule has 0 fully saturated rings. The molecule has 0 saturated carbocycles. The molecule has 2 heteroatoms. The molecule has 0 aromatic heterocycles. The van der Waals surface area contributed by atoms with Gasteiger partial charge in [0.1, 0.15) is 0 Å². The molecule has 0 saturated heterocycles. The number of carboxylic acids is 1. The van der Waals surface area contributed by atoms with Gasteiger partial charge in [0, 0.05) is 0 Å². The van der Waals surface area contributed by atoms with E-state index in [9.17, 15) is 4.79 Å². The van der Waals surface area contributed by atoms with Crippen LogP contribution in [-0.4, -0.2) is 11.1 Å². The number of hydrogen-bond donors (Lipinski definition) is 1. The second kappa shape index (κ2) is 2.68. The molecule has 1 rings (SSSR count). The maximum atomic E-state index is 10.8. The first-order valence-electron chi connectivity index (χ1n) is 3.94. The molecule has 0 heterocycles. The van der Waals surface area contributed by atoms with Gasteiger partial charge >= 0.3 is 5.97 Å². The molecule has 1 atom stereocenters. The molecular formula is C9H14O2. The first-order valence-corrected chi connectivity index (χ1v) is 3.94. The fourth-order valence-corrected chi connectivity index (χ4v) is 1.27. The van der Waals surface area contributed by atoms with Crippen LogP contribution in [-0.2, 0) is 4.79 Å². The SMILES string of the molecule is CC1=CCC(C)(C(=O)O)CC1. The highest BCUT2D eigenvalue weighted by Crippen LogP contribution is 2.34. The standard InChI is InChI=1S/C9H14O2/c1-7-3-5-9(2,6-4-7)8(10)11/h3H,4-6H2,1-2H3,(H,10,11). The van der Waals surface area contributed by atoms with Crippen molar-refractivity contribution in [3.63, 3.8) is 0 Å². The van der Waals surface area contributed by atoms with Gasteiger partial charge in [0.25, 0.3) is 0 Å². The van der Waals surface area contributed by atoms with Crippen LogP contribution in [0, 0.1) is 5.41 Å². The summed E-state index contributed by atoms with van der Waals surface area (Å²) in [6, 6.07) is 0. The van der Waals surface area contributed by atoms with Gasteiger partial charge in [0.15, 0.2) is 0 Å². The van der Waals surface area contributed by atoms with Crippen LogP contribution in [0.4, 0.5) is 0 Å². The maximum absolute atomic E-state index is 10.8. The smallest absolute Gasteiger partial charge is 0.309 e. The number of aliphatic carboxylic acids is 1. The van der Waals surface area contributed by atoms with Crippen LogP contribution in [0.2, 0.25) is 0 Å². The molecule has 11 heavy (non-hydrogen) atoms. The van der Waals surface area contributed by atoms with Crippen molar-refractivity contribution < 1.29 is 9.90 Å².